The van der Waals surface area contributed by atoms with Crippen molar-refractivity contribution in [3.05, 3.63) is 95.2 Å². The summed E-state index contributed by atoms with van der Waals surface area (Å²) < 4.78 is 32.5. The molecule has 2 heterocycles. The van der Waals surface area contributed by atoms with Crippen LogP contribution in [-0.4, -0.2) is 31.5 Å². The number of sulfone groups is 1. The van der Waals surface area contributed by atoms with E-state index in [1.165, 1.54) is 6.07 Å². The van der Waals surface area contributed by atoms with Gasteiger partial charge < -0.3 is 15.0 Å². The van der Waals surface area contributed by atoms with E-state index in [1.807, 2.05) is 51.2 Å². The fourth-order valence-electron chi connectivity index (χ4n) is 4.45. The van der Waals surface area contributed by atoms with Gasteiger partial charge in [-0.2, -0.15) is 0 Å². The van der Waals surface area contributed by atoms with E-state index in [0.717, 1.165) is 11.3 Å². The van der Waals surface area contributed by atoms with Crippen molar-refractivity contribution < 1.29 is 18.1 Å². The Balaban J connectivity index is 1.60. The molecule has 1 aromatic heterocycles. The molecule has 0 radical (unpaired) electrons. The quantitative estimate of drug-likeness (QED) is 0.279. The van der Waals surface area contributed by atoms with Crippen LogP contribution in [0.4, 0.5) is 5.69 Å². The van der Waals surface area contributed by atoms with E-state index in [2.05, 4.69) is 15.6 Å². The standard InChI is InChI=1S/C26H23N3O4S/c1-26(2,19-9-5-6-10-20(19)27-3)24-15-21(29-33-24)16-12-13-18-23(14-16)34(31,32)22-11-7-4-8-17(22)25(18)28-30/h4-15,27,30H,1-3H3/b28-25+. The Hall–Kier alpha value is -3.91. The lowest BCUT2D eigenvalue weighted by Gasteiger charge is -2.24. The highest BCUT2D eigenvalue weighted by Gasteiger charge is 2.35. The number of aromatic nitrogens is 1. The van der Waals surface area contributed by atoms with Gasteiger partial charge in [0.1, 0.15) is 17.2 Å². The molecule has 2 N–H and O–H groups in total. The van der Waals surface area contributed by atoms with Crippen LogP contribution in [0.1, 0.15) is 36.3 Å². The van der Waals surface area contributed by atoms with E-state index in [4.69, 9.17) is 4.52 Å². The summed E-state index contributed by atoms with van der Waals surface area (Å²) in [7, 11) is -1.94. The molecule has 4 aromatic rings. The summed E-state index contributed by atoms with van der Waals surface area (Å²) in [5.74, 6) is 0.647. The van der Waals surface area contributed by atoms with E-state index in [0.29, 0.717) is 28.1 Å². The fraction of sp³-hybridized carbons (Fsp3) is 0.154. The van der Waals surface area contributed by atoms with Crippen molar-refractivity contribution in [2.24, 2.45) is 5.16 Å². The molecule has 0 fully saturated rings. The molecule has 5 rings (SSSR count). The Morgan fingerprint density at radius 1 is 0.941 bits per heavy atom. The van der Waals surface area contributed by atoms with Gasteiger partial charge in [0.05, 0.1) is 15.2 Å². The lowest BCUT2D eigenvalue weighted by Crippen LogP contribution is -2.21. The van der Waals surface area contributed by atoms with Gasteiger partial charge in [0.25, 0.3) is 0 Å². The van der Waals surface area contributed by atoms with Gasteiger partial charge in [-0.1, -0.05) is 58.8 Å². The number of benzene rings is 3. The van der Waals surface area contributed by atoms with E-state index < -0.39 is 15.3 Å². The van der Waals surface area contributed by atoms with Gasteiger partial charge >= 0.3 is 0 Å². The Bertz CT molecular complexity index is 1550. The number of hydrogen-bond donors (Lipinski definition) is 2. The first-order valence-electron chi connectivity index (χ1n) is 10.7. The maximum atomic E-state index is 13.4. The van der Waals surface area contributed by atoms with Crippen LogP contribution in [0.3, 0.4) is 0 Å². The summed E-state index contributed by atoms with van der Waals surface area (Å²) in [6, 6.07) is 21.3. The first-order chi connectivity index (χ1) is 16.3. The third-order valence-electron chi connectivity index (χ3n) is 6.35. The number of nitrogens with one attached hydrogen (secondary N) is 1. The first kappa shape index (κ1) is 21.9. The normalized spacial score (nSPS) is 15.6. The highest BCUT2D eigenvalue weighted by atomic mass is 32.2. The number of nitrogens with zero attached hydrogens (tertiary/aromatic N) is 2. The van der Waals surface area contributed by atoms with Crippen LogP contribution in [0.2, 0.25) is 0 Å². The van der Waals surface area contributed by atoms with Gasteiger partial charge in [0.15, 0.2) is 0 Å². The molecule has 1 aliphatic rings. The summed E-state index contributed by atoms with van der Waals surface area (Å²) in [6.45, 7) is 4.09. The predicted octanol–water partition coefficient (Wildman–Crippen LogP) is 5.08. The highest BCUT2D eigenvalue weighted by Crippen LogP contribution is 2.39. The average Bonchev–Trinajstić information content (AvgIpc) is 3.36. The Kier molecular flexibility index (Phi) is 5.06. The molecule has 0 bridgehead atoms. The molecule has 34 heavy (non-hydrogen) atoms. The minimum atomic E-state index is -3.81. The number of fused-ring (bicyclic) bond motifs is 2. The van der Waals surface area contributed by atoms with Gasteiger partial charge in [0, 0.05) is 35.5 Å². The van der Waals surface area contributed by atoms with Crippen LogP contribution in [0, 0.1) is 0 Å². The van der Waals surface area contributed by atoms with Crippen molar-refractivity contribution in [2.45, 2.75) is 29.1 Å². The van der Waals surface area contributed by atoms with Crippen LogP contribution in [0.25, 0.3) is 11.3 Å². The van der Waals surface area contributed by atoms with E-state index in [1.54, 1.807) is 36.4 Å². The molecule has 0 unspecified atom stereocenters. The second-order valence-electron chi connectivity index (χ2n) is 8.66. The van der Waals surface area contributed by atoms with Gasteiger partial charge in [0.2, 0.25) is 9.84 Å². The minimum Gasteiger partial charge on any atom is -0.410 e. The topological polar surface area (TPSA) is 105 Å². The Morgan fingerprint density at radius 2 is 1.65 bits per heavy atom. The molecule has 0 atom stereocenters. The minimum absolute atomic E-state index is 0.0702. The van der Waals surface area contributed by atoms with Crippen LogP contribution in [0.15, 0.2) is 92.3 Å². The Morgan fingerprint density at radius 3 is 2.41 bits per heavy atom. The highest BCUT2D eigenvalue weighted by molar-refractivity contribution is 7.91. The predicted molar refractivity (Wildman–Crippen MR) is 129 cm³/mol. The molecule has 7 nitrogen and oxygen atoms in total. The molecular formula is C26H23N3O4S. The largest absolute Gasteiger partial charge is 0.410 e. The van der Waals surface area contributed by atoms with Gasteiger partial charge in [-0.25, -0.2) is 8.42 Å². The van der Waals surface area contributed by atoms with E-state index in [-0.39, 0.29) is 15.5 Å². The van der Waals surface area contributed by atoms with Gasteiger partial charge in [-0.05, 0) is 37.6 Å². The van der Waals surface area contributed by atoms with E-state index >= 15 is 0 Å². The number of hydrogen-bond acceptors (Lipinski definition) is 7. The van der Waals surface area contributed by atoms with Crippen LogP contribution in [-0.2, 0) is 15.3 Å². The second-order valence-corrected chi connectivity index (χ2v) is 10.5. The second kappa shape index (κ2) is 7.85. The SMILES string of the molecule is CNc1ccccc1C(C)(C)c1cc(-c2ccc3c(c2)S(=O)(=O)c2ccccc2/C3=N\O)no1. The molecule has 0 spiro atoms. The number of oxime groups is 1. The third-order valence-corrected chi connectivity index (χ3v) is 8.20. The van der Waals surface area contributed by atoms with Crippen molar-refractivity contribution in [3.63, 3.8) is 0 Å². The molecule has 0 amide bonds. The maximum Gasteiger partial charge on any atom is 0.207 e. The van der Waals surface area contributed by atoms with Crippen molar-refractivity contribution in [1.82, 2.24) is 5.16 Å². The summed E-state index contributed by atoms with van der Waals surface area (Å²) in [4.78, 5) is 0.180. The molecule has 0 saturated heterocycles. The van der Waals surface area contributed by atoms with Crippen molar-refractivity contribution >= 4 is 21.2 Å². The van der Waals surface area contributed by atoms with E-state index in [9.17, 15) is 13.6 Å². The molecule has 1 aliphatic heterocycles. The molecule has 0 aliphatic carbocycles. The maximum absolute atomic E-state index is 13.4. The van der Waals surface area contributed by atoms with Gasteiger partial charge in [-0.3, -0.25) is 0 Å². The lowest BCUT2D eigenvalue weighted by atomic mass is 9.81. The third kappa shape index (κ3) is 3.21. The number of para-hydroxylation sites is 1. The first-order valence-corrected chi connectivity index (χ1v) is 12.2. The van der Waals surface area contributed by atoms with Gasteiger partial charge in [-0.15, -0.1) is 0 Å². The van der Waals surface area contributed by atoms with Crippen LogP contribution >= 0.6 is 0 Å². The fourth-order valence-corrected chi connectivity index (χ4v) is 6.14. The lowest BCUT2D eigenvalue weighted by molar-refractivity contribution is 0.319. The summed E-state index contributed by atoms with van der Waals surface area (Å²) >= 11 is 0. The van der Waals surface area contributed by atoms with Crippen molar-refractivity contribution in [2.75, 3.05) is 12.4 Å². The number of rotatable bonds is 4. The molecule has 8 heteroatoms. The van der Waals surface area contributed by atoms with Crippen molar-refractivity contribution in [1.29, 1.82) is 0 Å². The molecule has 0 saturated carbocycles. The zero-order valence-corrected chi connectivity index (χ0v) is 19.7. The smallest absolute Gasteiger partial charge is 0.207 e. The summed E-state index contributed by atoms with van der Waals surface area (Å²) in [5, 5.41) is 20.5. The molecular weight excluding hydrogens is 450 g/mol. The Labute approximate surface area is 197 Å². The zero-order valence-electron chi connectivity index (χ0n) is 18.9. The van der Waals surface area contributed by atoms with Crippen LogP contribution < -0.4 is 5.32 Å². The molecule has 3 aromatic carbocycles. The average molecular weight is 474 g/mol. The molecule has 172 valence electrons. The number of anilines is 1. The summed E-state index contributed by atoms with van der Waals surface area (Å²) in [5.41, 5.74) is 3.60. The van der Waals surface area contributed by atoms with Crippen molar-refractivity contribution in [3.8, 4) is 11.3 Å². The summed E-state index contributed by atoms with van der Waals surface area (Å²) in [6.07, 6.45) is 0. The monoisotopic (exact) mass is 473 g/mol. The van der Waals surface area contributed by atoms with Crippen LogP contribution in [0.5, 0.6) is 0 Å². The zero-order chi connectivity index (χ0) is 24.1.